The molecule has 1 aliphatic heterocycles. The predicted octanol–water partition coefficient (Wildman–Crippen LogP) is 2.84. The Hall–Kier alpha value is -3.25. The zero-order valence-corrected chi connectivity index (χ0v) is 14.8. The van der Waals surface area contributed by atoms with Crippen LogP contribution in [-0.2, 0) is 0 Å². The maximum absolute atomic E-state index is 9.14. The molecule has 3 heterocycles. The first-order valence-electron chi connectivity index (χ1n) is 8.70. The van der Waals surface area contributed by atoms with Crippen molar-refractivity contribution in [3.05, 3.63) is 48.8 Å². The third-order valence-corrected chi connectivity index (χ3v) is 4.83. The highest BCUT2D eigenvalue weighted by molar-refractivity contribution is 6.00. The highest BCUT2D eigenvalue weighted by Crippen LogP contribution is 2.39. The van der Waals surface area contributed by atoms with Gasteiger partial charge in [-0.3, -0.25) is 0 Å². The Balaban J connectivity index is 1.80. The Bertz CT molecular complexity index is 1190. The van der Waals surface area contributed by atoms with Gasteiger partial charge in [-0.25, -0.2) is 0 Å². The molecule has 27 heavy (non-hydrogen) atoms. The largest absolute Gasteiger partial charge is 0.493 e. The first-order valence-corrected chi connectivity index (χ1v) is 8.70. The first-order chi connectivity index (χ1) is 13.3. The Morgan fingerprint density at radius 2 is 1.85 bits per heavy atom. The number of methoxy groups -OCH3 is 1. The second-order valence-electron chi connectivity index (χ2n) is 6.35. The molecule has 0 fully saturated rings. The van der Waals surface area contributed by atoms with Crippen molar-refractivity contribution in [2.75, 3.05) is 27.1 Å². The summed E-state index contributed by atoms with van der Waals surface area (Å²) in [5, 5.41) is 13.2. The van der Waals surface area contributed by atoms with Crippen LogP contribution in [0.15, 0.2) is 48.8 Å². The van der Waals surface area contributed by atoms with Crippen molar-refractivity contribution in [1.29, 1.82) is 0 Å². The van der Waals surface area contributed by atoms with E-state index in [0.29, 0.717) is 11.5 Å². The lowest BCUT2D eigenvalue weighted by molar-refractivity contribution is -0.509. The number of benzene rings is 2. The Labute approximate surface area is 155 Å². The number of aliphatic hydroxyl groups is 1. The molecule has 1 aliphatic rings. The molecule has 0 unspecified atom stereocenters. The van der Waals surface area contributed by atoms with E-state index in [9.17, 15) is 0 Å². The van der Waals surface area contributed by atoms with Crippen LogP contribution < -0.4 is 23.3 Å². The summed E-state index contributed by atoms with van der Waals surface area (Å²) in [6.45, 7) is 0.405. The van der Waals surface area contributed by atoms with Gasteiger partial charge in [-0.15, -0.1) is 0 Å². The summed E-state index contributed by atoms with van der Waals surface area (Å²) in [4.78, 5) is 0. The third-order valence-electron chi connectivity index (χ3n) is 4.83. The molecule has 0 radical (unpaired) electrons. The summed E-state index contributed by atoms with van der Waals surface area (Å²) >= 11 is 0. The molecule has 0 bridgehead atoms. The molecule has 136 valence electrons. The maximum Gasteiger partial charge on any atom is 0.231 e. The van der Waals surface area contributed by atoms with Gasteiger partial charge in [0, 0.05) is 12.1 Å². The lowest BCUT2D eigenvalue weighted by atomic mass is 10.1. The van der Waals surface area contributed by atoms with Crippen molar-refractivity contribution < 1.29 is 28.5 Å². The van der Waals surface area contributed by atoms with Crippen molar-refractivity contribution in [3.8, 4) is 23.0 Å². The molecule has 2 aromatic carbocycles. The summed E-state index contributed by atoms with van der Waals surface area (Å²) in [6.07, 6.45) is 4.03. The van der Waals surface area contributed by atoms with Crippen LogP contribution in [0, 0.1) is 0 Å². The van der Waals surface area contributed by atoms with Crippen LogP contribution in [0.25, 0.3) is 27.1 Å². The minimum Gasteiger partial charge on any atom is -0.493 e. The van der Waals surface area contributed by atoms with Crippen LogP contribution in [0.1, 0.15) is 0 Å². The van der Waals surface area contributed by atoms with Crippen LogP contribution in [0.5, 0.6) is 23.0 Å². The summed E-state index contributed by atoms with van der Waals surface area (Å²) < 4.78 is 24.3. The molecule has 0 amide bonds. The molecular formula is C21H18NO5+. The molecule has 0 saturated heterocycles. The average molecular weight is 364 g/mol. The lowest BCUT2D eigenvalue weighted by Gasteiger charge is -2.12. The minimum atomic E-state index is -0.0575. The van der Waals surface area contributed by atoms with Gasteiger partial charge in [0.15, 0.2) is 35.4 Å². The zero-order chi connectivity index (χ0) is 18.4. The number of hydrogen-bond acceptors (Lipinski definition) is 5. The topological polar surface area (TPSA) is 61.3 Å². The standard InChI is InChI=1S/C21H18NO5/c1-24-18-3-2-13-8-17-15-10-20-19(26-12-27-20)9-14(15)4-5-22(17)11-16(13)21(18)25-7-6-23/h2-5,8-11,23H,6-7,12H2,1H3/q+1. The molecule has 1 N–H and O–H groups in total. The van der Waals surface area contributed by atoms with E-state index in [1.807, 2.05) is 42.7 Å². The normalized spacial score (nSPS) is 12.8. The highest BCUT2D eigenvalue weighted by Gasteiger charge is 2.20. The number of aromatic nitrogens is 1. The SMILES string of the molecule is COc1ccc2cc3c4cc5c(cc4cc[n+]3cc2c1OCCO)OCO5. The van der Waals surface area contributed by atoms with Gasteiger partial charge >= 0.3 is 0 Å². The molecule has 0 atom stereocenters. The second-order valence-corrected chi connectivity index (χ2v) is 6.35. The molecule has 0 spiro atoms. The second kappa shape index (κ2) is 6.17. The van der Waals surface area contributed by atoms with Gasteiger partial charge in [0.1, 0.15) is 6.61 Å². The fourth-order valence-corrected chi connectivity index (χ4v) is 3.56. The maximum atomic E-state index is 9.14. The van der Waals surface area contributed by atoms with Crippen LogP contribution in [0.2, 0.25) is 0 Å². The number of fused-ring (bicyclic) bond motifs is 5. The summed E-state index contributed by atoms with van der Waals surface area (Å²) in [6, 6.07) is 12.1. The molecule has 0 saturated carbocycles. The van der Waals surface area contributed by atoms with Crippen LogP contribution in [0.3, 0.4) is 0 Å². The van der Waals surface area contributed by atoms with E-state index in [1.54, 1.807) is 7.11 Å². The third kappa shape index (κ3) is 2.49. The van der Waals surface area contributed by atoms with Gasteiger partial charge in [0.2, 0.25) is 12.3 Å². The molecular weight excluding hydrogens is 346 g/mol. The van der Waals surface area contributed by atoms with Gasteiger partial charge in [0.25, 0.3) is 0 Å². The zero-order valence-electron chi connectivity index (χ0n) is 14.8. The Morgan fingerprint density at radius 1 is 1.04 bits per heavy atom. The fourth-order valence-electron chi connectivity index (χ4n) is 3.56. The number of aliphatic hydroxyl groups excluding tert-OH is 1. The van der Waals surface area contributed by atoms with E-state index in [-0.39, 0.29) is 20.0 Å². The van der Waals surface area contributed by atoms with E-state index in [1.165, 1.54) is 0 Å². The van der Waals surface area contributed by atoms with Gasteiger partial charge in [-0.1, -0.05) is 0 Å². The summed E-state index contributed by atoms with van der Waals surface area (Å²) in [5.41, 5.74) is 1.05. The van der Waals surface area contributed by atoms with Crippen LogP contribution >= 0.6 is 0 Å². The molecule has 6 heteroatoms. The smallest absolute Gasteiger partial charge is 0.231 e. The molecule has 6 nitrogen and oxygen atoms in total. The van der Waals surface area contributed by atoms with Crippen molar-refractivity contribution in [3.63, 3.8) is 0 Å². The Kier molecular flexibility index (Phi) is 3.65. The monoisotopic (exact) mass is 364 g/mol. The van der Waals surface area contributed by atoms with Gasteiger partial charge in [-0.05, 0) is 35.0 Å². The summed E-state index contributed by atoms with van der Waals surface area (Å²) in [5.74, 6) is 2.80. The minimum absolute atomic E-state index is 0.0575. The average Bonchev–Trinajstić information content (AvgIpc) is 3.16. The molecule has 0 aliphatic carbocycles. The van der Waals surface area contributed by atoms with E-state index in [4.69, 9.17) is 24.1 Å². The quantitative estimate of drug-likeness (QED) is 0.343. The van der Waals surface area contributed by atoms with Crippen molar-refractivity contribution in [1.82, 2.24) is 0 Å². The predicted molar refractivity (Wildman–Crippen MR) is 99.9 cm³/mol. The van der Waals surface area contributed by atoms with Crippen LogP contribution in [0.4, 0.5) is 0 Å². The number of nitrogens with zero attached hydrogens (tertiary/aromatic N) is 1. The number of pyridine rings is 2. The van der Waals surface area contributed by atoms with E-state index in [0.717, 1.165) is 38.6 Å². The molecule has 2 aromatic heterocycles. The van der Waals surface area contributed by atoms with Gasteiger partial charge in [0.05, 0.1) is 24.5 Å². The number of ether oxygens (including phenoxy) is 4. The highest BCUT2D eigenvalue weighted by atomic mass is 16.7. The van der Waals surface area contributed by atoms with E-state index < -0.39 is 0 Å². The van der Waals surface area contributed by atoms with Crippen molar-refractivity contribution in [2.45, 2.75) is 0 Å². The number of rotatable bonds is 4. The lowest BCUT2D eigenvalue weighted by Crippen LogP contribution is -2.20. The molecule has 4 aromatic rings. The van der Waals surface area contributed by atoms with E-state index >= 15 is 0 Å². The fraction of sp³-hybridized carbons (Fsp3) is 0.190. The van der Waals surface area contributed by atoms with E-state index in [2.05, 4.69) is 10.5 Å². The number of hydrogen-bond donors (Lipinski definition) is 1. The van der Waals surface area contributed by atoms with Crippen molar-refractivity contribution in [2.24, 2.45) is 0 Å². The Morgan fingerprint density at radius 3 is 2.67 bits per heavy atom. The van der Waals surface area contributed by atoms with Crippen LogP contribution in [-0.4, -0.2) is 32.2 Å². The summed E-state index contributed by atoms with van der Waals surface area (Å²) in [7, 11) is 1.61. The van der Waals surface area contributed by atoms with Gasteiger partial charge in [-0.2, -0.15) is 4.40 Å². The first kappa shape index (κ1) is 16.0. The molecule has 5 rings (SSSR count). The van der Waals surface area contributed by atoms with Gasteiger partial charge < -0.3 is 24.1 Å². The van der Waals surface area contributed by atoms with Crippen molar-refractivity contribution >= 4 is 27.1 Å².